The molecule has 0 aromatic rings. The third-order valence-corrected chi connectivity index (χ3v) is 5.68. The van der Waals surface area contributed by atoms with Crippen molar-refractivity contribution in [2.24, 2.45) is 11.3 Å². The van der Waals surface area contributed by atoms with Crippen LogP contribution in [0.15, 0.2) is 34.9 Å². The molecule has 0 N–H and O–H groups in total. The van der Waals surface area contributed by atoms with E-state index in [1.165, 1.54) is 6.08 Å². The highest BCUT2D eigenvalue weighted by atomic mass is 16.6. The van der Waals surface area contributed by atoms with Gasteiger partial charge in [-0.2, -0.15) is 0 Å². The number of carbonyl (C=O) groups is 3. The highest BCUT2D eigenvalue weighted by Crippen LogP contribution is 2.54. The van der Waals surface area contributed by atoms with Crippen molar-refractivity contribution in [2.75, 3.05) is 0 Å². The topological polar surface area (TPSA) is 69.7 Å². The van der Waals surface area contributed by atoms with E-state index < -0.39 is 23.6 Å². The zero-order valence-corrected chi connectivity index (χ0v) is 15.3. The lowest BCUT2D eigenvalue weighted by molar-refractivity contribution is -0.170. The van der Waals surface area contributed by atoms with E-state index in [2.05, 4.69) is 6.92 Å². The number of ether oxygens (including phenoxy) is 2. The largest absolute Gasteiger partial charge is 0.454 e. The van der Waals surface area contributed by atoms with E-state index in [9.17, 15) is 14.4 Å². The number of fused-ring (bicyclic) bond motifs is 3. The second kappa shape index (κ2) is 5.68. The first kappa shape index (κ1) is 17.6. The van der Waals surface area contributed by atoms with Crippen LogP contribution in [0, 0.1) is 11.3 Å². The zero-order chi connectivity index (χ0) is 18.6. The standard InChI is InChI=1S/C20H24O5/c1-11(2)10-15(22)25-20(5)13-6-8-19(4)9-7-14(21)12(3)16(19)17(13)24-18(20)23/h7,9-10,13,17H,6,8H2,1-5H3/t13-,17-,19-,20+/m1/s1. The van der Waals surface area contributed by atoms with Crippen molar-refractivity contribution in [1.82, 2.24) is 0 Å². The molecular weight excluding hydrogens is 320 g/mol. The molecule has 0 aromatic carbocycles. The predicted molar refractivity (Wildman–Crippen MR) is 91.5 cm³/mol. The van der Waals surface area contributed by atoms with Gasteiger partial charge in [-0.25, -0.2) is 9.59 Å². The second-order valence-corrected chi connectivity index (χ2v) is 7.87. The minimum Gasteiger partial charge on any atom is -0.454 e. The third-order valence-electron chi connectivity index (χ3n) is 5.68. The summed E-state index contributed by atoms with van der Waals surface area (Å²) in [4.78, 5) is 36.9. The van der Waals surface area contributed by atoms with Crippen molar-refractivity contribution in [2.45, 2.75) is 59.2 Å². The van der Waals surface area contributed by atoms with Gasteiger partial charge in [0, 0.05) is 17.1 Å². The smallest absolute Gasteiger partial charge is 0.351 e. The van der Waals surface area contributed by atoms with Gasteiger partial charge < -0.3 is 9.47 Å². The van der Waals surface area contributed by atoms with Gasteiger partial charge in [-0.1, -0.05) is 18.6 Å². The molecule has 0 aromatic heterocycles. The van der Waals surface area contributed by atoms with E-state index >= 15 is 0 Å². The Hall–Kier alpha value is -2.17. The van der Waals surface area contributed by atoms with Crippen molar-refractivity contribution in [3.05, 3.63) is 34.9 Å². The molecule has 5 nitrogen and oxygen atoms in total. The van der Waals surface area contributed by atoms with E-state index in [1.54, 1.807) is 33.8 Å². The zero-order valence-electron chi connectivity index (χ0n) is 15.3. The third kappa shape index (κ3) is 2.66. The Balaban J connectivity index is 1.98. The average molecular weight is 344 g/mol. The lowest BCUT2D eigenvalue weighted by Crippen LogP contribution is -2.47. The van der Waals surface area contributed by atoms with E-state index in [4.69, 9.17) is 9.47 Å². The molecule has 2 fully saturated rings. The van der Waals surface area contributed by atoms with Crippen LogP contribution in [-0.4, -0.2) is 29.4 Å². The molecule has 134 valence electrons. The Morgan fingerprint density at radius 1 is 1.32 bits per heavy atom. The summed E-state index contributed by atoms with van der Waals surface area (Å²) in [7, 11) is 0. The molecule has 1 aliphatic heterocycles. The molecule has 25 heavy (non-hydrogen) atoms. The summed E-state index contributed by atoms with van der Waals surface area (Å²) in [5.41, 5.74) is 0.662. The molecule has 3 rings (SSSR count). The van der Waals surface area contributed by atoms with Crippen LogP contribution in [0.1, 0.15) is 47.5 Å². The first-order valence-electron chi connectivity index (χ1n) is 8.62. The SMILES string of the molecule is CC(C)=CC(=O)O[C@]1(C)C(=O)O[C@H]2C3=C(C)C(=O)C=C[C@@]3(C)CC[C@H]21. The lowest BCUT2D eigenvalue weighted by Gasteiger charge is -2.44. The van der Waals surface area contributed by atoms with Gasteiger partial charge in [0.25, 0.3) is 0 Å². The minimum atomic E-state index is -1.33. The lowest BCUT2D eigenvalue weighted by atomic mass is 9.61. The molecule has 0 amide bonds. The highest BCUT2D eigenvalue weighted by molar-refractivity contribution is 6.06. The molecule has 1 saturated carbocycles. The first-order chi connectivity index (χ1) is 11.6. The molecule has 4 atom stereocenters. The van der Waals surface area contributed by atoms with Crippen molar-refractivity contribution < 1.29 is 23.9 Å². The maximum atomic E-state index is 12.6. The number of carbonyl (C=O) groups excluding carboxylic acids is 3. The van der Waals surface area contributed by atoms with Gasteiger partial charge in [0.05, 0.1) is 5.92 Å². The molecule has 0 bridgehead atoms. The second-order valence-electron chi connectivity index (χ2n) is 7.87. The quantitative estimate of drug-likeness (QED) is 0.569. The number of rotatable bonds is 2. The highest BCUT2D eigenvalue weighted by Gasteiger charge is 2.62. The minimum absolute atomic E-state index is 0.0562. The van der Waals surface area contributed by atoms with Crippen LogP contribution in [-0.2, 0) is 23.9 Å². The molecule has 0 spiro atoms. The number of hydrogen-bond donors (Lipinski definition) is 0. The normalized spacial score (nSPS) is 36.5. The van der Waals surface area contributed by atoms with Gasteiger partial charge in [0.15, 0.2) is 5.78 Å². The van der Waals surface area contributed by atoms with Gasteiger partial charge >= 0.3 is 11.9 Å². The van der Waals surface area contributed by atoms with Gasteiger partial charge in [-0.3, -0.25) is 4.79 Å². The van der Waals surface area contributed by atoms with Crippen LogP contribution < -0.4 is 0 Å². The Bertz CT molecular complexity index is 752. The van der Waals surface area contributed by atoms with Crippen LogP contribution in [0.5, 0.6) is 0 Å². The Labute approximate surface area is 147 Å². The molecule has 1 saturated heterocycles. The van der Waals surface area contributed by atoms with Crippen molar-refractivity contribution in [3.8, 4) is 0 Å². The molecule has 0 unspecified atom stereocenters. The van der Waals surface area contributed by atoms with Crippen LogP contribution in [0.2, 0.25) is 0 Å². The van der Waals surface area contributed by atoms with Gasteiger partial charge in [-0.15, -0.1) is 0 Å². The van der Waals surface area contributed by atoms with Gasteiger partial charge in [-0.05, 0) is 52.2 Å². The molecule has 2 aliphatic carbocycles. The average Bonchev–Trinajstić information content (AvgIpc) is 2.73. The fourth-order valence-corrected chi connectivity index (χ4v) is 4.28. The summed E-state index contributed by atoms with van der Waals surface area (Å²) in [6.45, 7) is 9.04. The number of hydrogen-bond acceptors (Lipinski definition) is 5. The van der Waals surface area contributed by atoms with Crippen LogP contribution in [0.4, 0.5) is 0 Å². The summed E-state index contributed by atoms with van der Waals surface area (Å²) in [5, 5.41) is 0. The van der Waals surface area contributed by atoms with E-state index in [-0.39, 0.29) is 17.1 Å². The number of ketones is 1. The van der Waals surface area contributed by atoms with Crippen molar-refractivity contribution >= 4 is 17.7 Å². The van der Waals surface area contributed by atoms with Crippen molar-refractivity contribution in [1.29, 1.82) is 0 Å². The summed E-state index contributed by atoms with van der Waals surface area (Å²) >= 11 is 0. The van der Waals surface area contributed by atoms with Gasteiger partial charge in [0.1, 0.15) is 6.10 Å². The summed E-state index contributed by atoms with van der Waals surface area (Å²) in [6.07, 6.45) is 5.81. The number of allylic oxidation sites excluding steroid dienone is 4. The monoisotopic (exact) mass is 344 g/mol. The Kier molecular flexibility index (Phi) is 4.01. The van der Waals surface area contributed by atoms with Crippen molar-refractivity contribution in [3.63, 3.8) is 0 Å². The van der Waals surface area contributed by atoms with Gasteiger partial charge in [0.2, 0.25) is 5.60 Å². The fraction of sp³-hybridized carbons (Fsp3) is 0.550. The summed E-state index contributed by atoms with van der Waals surface area (Å²) in [6, 6.07) is 0. The maximum absolute atomic E-state index is 12.6. The first-order valence-corrected chi connectivity index (χ1v) is 8.62. The predicted octanol–water partition coefficient (Wildman–Crippen LogP) is 3.05. The Morgan fingerprint density at radius 2 is 2.00 bits per heavy atom. The fourth-order valence-electron chi connectivity index (χ4n) is 4.28. The molecule has 3 aliphatic rings. The summed E-state index contributed by atoms with van der Waals surface area (Å²) in [5.74, 6) is -1.42. The van der Waals surface area contributed by atoms with E-state index in [0.717, 1.165) is 17.6 Å². The Morgan fingerprint density at radius 3 is 2.64 bits per heavy atom. The van der Waals surface area contributed by atoms with Crippen LogP contribution >= 0.6 is 0 Å². The van der Waals surface area contributed by atoms with E-state index in [1.807, 2.05) is 6.08 Å². The van der Waals surface area contributed by atoms with E-state index in [0.29, 0.717) is 12.0 Å². The molecule has 5 heteroatoms. The molecule has 0 radical (unpaired) electrons. The van der Waals surface area contributed by atoms with Crippen LogP contribution in [0.3, 0.4) is 0 Å². The maximum Gasteiger partial charge on any atom is 0.351 e. The molecular formula is C20H24O5. The number of esters is 2. The molecule has 1 heterocycles. The summed E-state index contributed by atoms with van der Waals surface area (Å²) < 4.78 is 11.2. The van der Waals surface area contributed by atoms with Crippen LogP contribution in [0.25, 0.3) is 0 Å².